The van der Waals surface area contributed by atoms with Crippen LogP contribution in [0.2, 0.25) is 0 Å². The molecule has 0 saturated heterocycles. The molecule has 0 aromatic heterocycles. The van der Waals surface area contributed by atoms with Crippen LogP contribution in [-0.2, 0) is 4.79 Å². The van der Waals surface area contributed by atoms with Gasteiger partial charge in [0, 0.05) is 5.54 Å². The van der Waals surface area contributed by atoms with Gasteiger partial charge in [-0.05, 0) is 58.3 Å². The van der Waals surface area contributed by atoms with E-state index in [0.29, 0.717) is 11.8 Å². The monoisotopic (exact) mass is 283 g/mol. The molecular formula is C16H29NO3. The number of nitrogens with one attached hydrogen (secondary N) is 1. The van der Waals surface area contributed by atoms with Gasteiger partial charge in [0.25, 0.3) is 0 Å². The van der Waals surface area contributed by atoms with E-state index in [1.165, 1.54) is 0 Å². The van der Waals surface area contributed by atoms with Gasteiger partial charge in [0.15, 0.2) is 0 Å². The van der Waals surface area contributed by atoms with Crippen LogP contribution in [0.5, 0.6) is 0 Å². The minimum Gasteiger partial charge on any atom is -0.387 e. The Labute approximate surface area is 122 Å². The molecule has 3 N–H and O–H groups in total. The van der Waals surface area contributed by atoms with Crippen LogP contribution in [0.25, 0.3) is 0 Å². The van der Waals surface area contributed by atoms with Crippen molar-refractivity contribution in [3.8, 4) is 0 Å². The number of aliphatic hydroxyl groups excluding tert-OH is 1. The molecule has 4 nitrogen and oxygen atoms in total. The van der Waals surface area contributed by atoms with Gasteiger partial charge in [0.05, 0.1) is 5.60 Å². The van der Waals surface area contributed by atoms with Crippen LogP contribution in [0.15, 0.2) is 12.2 Å². The van der Waals surface area contributed by atoms with Crippen molar-refractivity contribution in [1.82, 2.24) is 5.32 Å². The number of amides is 1. The molecule has 1 rings (SSSR count). The molecule has 1 amide bonds. The fraction of sp³-hybridized carbons (Fsp3) is 0.812. The summed E-state index contributed by atoms with van der Waals surface area (Å²) in [6.45, 7) is 7.44. The lowest BCUT2D eigenvalue weighted by atomic mass is 9.73. The zero-order chi connectivity index (χ0) is 15.4. The Bertz CT molecular complexity index is 338. The van der Waals surface area contributed by atoms with Gasteiger partial charge < -0.3 is 15.5 Å². The van der Waals surface area contributed by atoms with Crippen molar-refractivity contribution in [3.63, 3.8) is 0 Å². The van der Waals surface area contributed by atoms with E-state index in [-0.39, 0.29) is 5.54 Å². The van der Waals surface area contributed by atoms with Gasteiger partial charge in [-0.25, -0.2) is 0 Å². The summed E-state index contributed by atoms with van der Waals surface area (Å²) in [7, 11) is 0. The van der Waals surface area contributed by atoms with E-state index in [0.717, 1.165) is 32.1 Å². The number of aliphatic hydroxyl groups is 2. The van der Waals surface area contributed by atoms with Crippen LogP contribution in [0.3, 0.4) is 0 Å². The van der Waals surface area contributed by atoms with Gasteiger partial charge >= 0.3 is 0 Å². The van der Waals surface area contributed by atoms with Crippen molar-refractivity contribution in [2.45, 2.75) is 70.6 Å². The largest absolute Gasteiger partial charge is 0.387 e. The molecule has 0 aliphatic heterocycles. The molecule has 116 valence electrons. The van der Waals surface area contributed by atoms with Crippen LogP contribution >= 0.6 is 0 Å². The molecule has 1 unspecified atom stereocenters. The molecule has 1 aliphatic carbocycles. The van der Waals surface area contributed by atoms with E-state index in [2.05, 4.69) is 19.2 Å². The van der Waals surface area contributed by atoms with Crippen LogP contribution < -0.4 is 5.32 Å². The van der Waals surface area contributed by atoms with Crippen molar-refractivity contribution >= 4 is 6.41 Å². The molecule has 0 bridgehead atoms. The van der Waals surface area contributed by atoms with E-state index in [1.807, 2.05) is 6.08 Å². The maximum absolute atomic E-state index is 10.6. The topological polar surface area (TPSA) is 69.6 Å². The second-order valence-electron chi connectivity index (χ2n) is 7.00. The number of carbonyl (C=O) groups is 1. The molecule has 0 heterocycles. The zero-order valence-electron chi connectivity index (χ0n) is 13.1. The van der Waals surface area contributed by atoms with Gasteiger partial charge in [0.1, 0.15) is 6.10 Å². The fourth-order valence-electron chi connectivity index (χ4n) is 2.76. The maximum Gasteiger partial charge on any atom is 0.207 e. The third-order valence-electron chi connectivity index (χ3n) is 4.61. The Morgan fingerprint density at radius 3 is 2.30 bits per heavy atom. The normalized spacial score (nSPS) is 31.0. The molecule has 20 heavy (non-hydrogen) atoms. The smallest absolute Gasteiger partial charge is 0.207 e. The lowest BCUT2D eigenvalue weighted by Crippen LogP contribution is -2.45. The van der Waals surface area contributed by atoms with Crippen LogP contribution in [0, 0.1) is 11.8 Å². The summed E-state index contributed by atoms with van der Waals surface area (Å²) in [5, 5.41) is 22.4. The minimum atomic E-state index is -1.10. The Balaban J connectivity index is 2.49. The Morgan fingerprint density at radius 2 is 1.85 bits per heavy atom. The first-order valence-corrected chi connectivity index (χ1v) is 7.48. The number of rotatable bonds is 6. The number of hydrogen-bond donors (Lipinski definition) is 3. The summed E-state index contributed by atoms with van der Waals surface area (Å²) < 4.78 is 0. The molecule has 0 aromatic carbocycles. The lowest BCUT2D eigenvalue weighted by molar-refractivity contribution is -0.111. The predicted octanol–water partition coefficient (Wildman–Crippen LogP) is 2.01. The van der Waals surface area contributed by atoms with E-state index >= 15 is 0 Å². The highest BCUT2D eigenvalue weighted by atomic mass is 16.3. The molecule has 0 aromatic rings. The highest BCUT2D eigenvalue weighted by Gasteiger charge is 2.32. The summed E-state index contributed by atoms with van der Waals surface area (Å²) in [6.07, 6.45) is 7.78. The van der Waals surface area contributed by atoms with E-state index in [1.54, 1.807) is 19.9 Å². The van der Waals surface area contributed by atoms with Crippen molar-refractivity contribution in [2.24, 2.45) is 11.8 Å². The van der Waals surface area contributed by atoms with Gasteiger partial charge in [-0.1, -0.05) is 19.1 Å². The lowest BCUT2D eigenvalue weighted by Gasteiger charge is -2.38. The predicted molar refractivity (Wildman–Crippen MR) is 80.2 cm³/mol. The number of carbonyl (C=O) groups excluding carboxylic acids is 1. The summed E-state index contributed by atoms with van der Waals surface area (Å²) in [4.78, 5) is 10.6. The Kier molecular flexibility index (Phi) is 5.78. The summed E-state index contributed by atoms with van der Waals surface area (Å²) in [6, 6.07) is 0. The van der Waals surface area contributed by atoms with Crippen LogP contribution in [0.1, 0.15) is 53.4 Å². The summed E-state index contributed by atoms with van der Waals surface area (Å²) in [5.74, 6) is 0.939. The maximum atomic E-state index is 10.6. The van der Waals surface area contributed by atoms with Crippen molar-refractivity contribution in [2.75, 3.05) is 0 Å². The second-order valence-corrected chi connectivity index (χ2v) is 7.00. The third-order valence-corrected chi connectivity index (χ3v) is 4.61. The molecule has 1 fully saturated rings. The van der Waals surface area contributed by atoms with E-state index in [4.69, 9.17) is 0 Å². The quantitative estimate of drug-likeness (QED) is 0.516. The van der Waals surface area contributed by atoms with Crippen LogP contribution in [0.4, 0.5) is 0 Å². The highest BCUT2D eigenvalue weighted by molar-refractivity contribution is 5.47. The molecule has 2 atom stereocenters. The van der Waals surface area contributed by atoms with Gasteiger partial charge in [-0.2, -0.15) is 0 Å². The fourth-order valence-corrected chi connectivity index (χ4v) is 2.76. The Morgan fingerprint density at radius 1 is 1.30 bits per heavy atom. The van der Waals surface area contributed by atoms with Crippen molar-refractivity contribution in [3.05, 3.63) is 12.2 Å². The SMILES string of the molecule is CC(/C=C/[C@H](O)C(C)(C)O)C1CCC(C)(NC=O)CC1. The van der Waals surface area contributed by atoms with Crippen LogP contribution in [-0.4, -0.2) is 33.9 Å². The molecule has 1 aliphatic rings. The van der Waals surface area contributed by atoms with Gasteiger partial charge in [-0.3, -0.25) is 4.79 Å². The molecule has 4 heteroatoms. The van der Waals surface area contributed by atoms with Crippen molar-refractivity contribution in [1.29, 1.82) is 0 Å². The summed E-state index contributed by atoms with van der Waals surface area (Å²) >= 11 is 0. The first-order valence-electron chi connectivity index (χ1n) is 7.48. The number of hydrogen-bond acceptors (Lipinski definition) is 3. The molecule has 0 radical (unpaired) electrons. The average Bonchev–Trinajstić information content (AvgIpc) is 2.35. The second kappa shape index (κ2) is 6.72. The van der Waals surface area contributed by atoms with Gasteiger partial charge in [0.2, 0.25) is 6.41 Å². The zero-order valence-corrected chi connectivity index (χ0v) is 13.1. The molecule has 0 spiro atoms. The van der Waals surface area contributed by atoms with Gasteiger partial charge in [-0.15, -0.1) is 0 Å². The van der Waals surface area contributed by atoms with E-state index in [9.17, 15) is 15.0 Å². The number of allylic oxidation sites excluding steroid dienone is 1. The molecule has 1 saturated carbocycles. The minimum absolute atomic E-state index is 0.0612. The average molecular weight is 283 g/mol. The third kappa shape index (κ3) is 4.91. The van der Waals surface area contributed by atoms with Crippen molar-refractivity contribution < 1.29 is 15.0 Å². The Hall–Kier alpha value is -0.870. The molecular weight excluding hydrogens is 254 g/mol. The highest BCUT2D eigenvalue weighted by Crippen LogP contribution is 2.36. The summed E-state index contributed by atoms with van der Waals surface area (Å²) in [5.41, 5.74) is -1.16. The first-order chi connectivity index (χ1) is 9.18. The van der Waals surface area contributed by atoms with E-state index < -0.39 is 11.7 Å². The standard InChI is InChI=1S/C16H29NO3/c1-12(5-6-14(19)15(2,3)20)13-7-9-16(4,10-8-13)17-11-18/h5-6,11-14,19-20H,7-10H2,1-4H3,(H,17,18)/b6-5+/t12?,13?,14-,16?/m0/s1. The first kappa shape index (κ1) is 17.2.